The van der Waals surface area contributed by atoms with Gasteiger partial charge in [-0.25, -0.2) is 0 Å². The minimum absolute atomic E-state index is 0.173. The Balaban J connectivity index is 1.96. The maximum Gasteiger partial charge on any atom is 0.305 e. The molecule has 3 amide bonds. The number of epoxide rings is 1. The zero-order valence-electron chi connectivity index (χ0n) is 15.6. The Morgan fingerprint density at radius 2 is 1.89 bits per heavy atom. The van der Waals surface area contributed by atoms with Crippen LogP contribution in [0.25, 0.3) is 0 Å². The number of ketones is 1. The summed E-state index contributed by atoms with van der Waals surface area (Å²) in [5, 5.41) is 13.9. The van der Waals surface area contributed by atoms with Gasteiger partial charge >= 0.3 is 5.97 Å². The minimum Gasteiger partial charge on any atom is -0.481 e. The van der Waals surface area contributed by atoms with Gasteiger partial charge in [0.2, 0.25) is 17.7 Å². The minimum atomic E-state index is -1.25. The average Bonchev–Trinajstić information content (AvgIpc) is 3.13. The highest BCUT2D eigenvalue weighted by molar-refractivity contribution is 5.99. The fourth-order valence-electron chi connectivity index (χ4n) is 3.09. The smallest absolute Gasteiger partial charge is 0.305 e. The van der Waals surface area contributed by atoms with Crippen LogP contribution in [0.4, 0.5) is 0 Å². The Labute approximate surface area is 156 Å². The second-order valence-corrected chi connectivity index (χ2v) is 7.14. The van der Waals surface area contributed by atoms with E-state index >= 15 is 0 Å². The third-order valence-corrected chi connectivity index (χ3v) is 4.82. The number of carboxylic acid groups (broad SMARTS) is 1. The van der Waals surface area contributed by atoms with Crippen LogP contribution in [0.2, 0.25) is 0 Å². The third kappa shape index (κ3) is 5.03. The molecule has 1 unspecified atom stereocenters. The summed E-state index contributed by atoms with van der Waals surface area (Å²) in [7, 11) is 0. The van der Waals surface area contributed by atoms with E-state index in [9.17, 15) is 24.0 Å². The molecule has 3 N–H and O–H groups in total. The van der Waals surface area contributed by atoms with Crippen molar-refractivity contribution in [2.45, 2.75) is 63.8 Å². The van der Waals surface area contributed by atoms with E-state index in [2.05, 4.69) is 10.6 Å². The summed E-state index contributed by atoms with van der Waals surface area (Å²) in [6.45, 7) is 4.99. The summed E-state index contributed by atoms with van der Waals surface area (Å²) in [6.07, 6.45) is 0.631. The predicted octanol–water partition coefficient (Wildman–Crippen LogP) is -1.18. The first kappa shape index (κ1) is 20.8. The molecular weight excluding hydrogens is 358 g/mol. The predicted molar refractivity (Wildman–Crippen MR) is 91.6 cm³/mol. The highest BCUT2D eigenvalue weighted by atomic mass is 16.6. The topological polar surface area (TPSA) is 145 Å². The van der Waals surface area contributed by atoms with Crippen molar-refractivity contribution in [2.24, 2.45) is 0 Å². The monoisotopic (exact) mass is 383 g/mol. The summed E-state index contributed by atoms with van der Waals surface area (Å²) in [5.41, 5.74) is -1.08. The van der Waals surface area contributed by atoms with Gasteiger partial charge in [-0.3, -0.25) is 24.0 Å². The van der Waals surface area contributed by atoms with E-state index in [0.29, 0.717) is 19.4 Å². The van der Waals surface area contributed by atoms with Crippen molar-refractivity contribution in [1.82, 2.24) is 15.5 Å². The maximum absolute atomic E-state index is 12.4. The van der Waals surface area contributed by atoms with E-state index in [1.165, 1.54) is 25.7 Å². The Morgan fingerprint density at radius 1 is 1.26 bits per heavy atom. The number of hydrogen-bond donors (Lipinski definition) is 3. The summed E-state index contributed by atoms with van der Waals surface area (Å²) in [5.74, 6) is -3.11. The lowest BCUT2D eigenvalue weighted by Crippen LogP contribution is -2.55. The first-order chi connectivity index (χ1) is 12.5. The number of amides is 3. The van der Waals surface area contributed by atoms with Crippen molar-refractivity contribution in [1.29, 1.82) is 0 Å². The highest BCUT2D eigenvalue weighted by Gasteiger charge is 2.50. The number of Topliss-reactive ketones (excluding diaryl/α,β-unsaturated/α-hetero) is 1. The van der Waals surface area contributed by atoms with Crippen molar-refractivity contribution in [3.63, 3.8) is 0 Å². The molecule has 2 fully saturated rings. The molecule has 10 nitrogen and oxygen atoms in total. The molecule has 0 aliphatic carbocycles. The van der Waals surface area contributed by atoms with Crippen molar-refractivity contribution in [3.8, 4) is 0 Å². The molecule has 4 atom stereocenters. The molecule has 10 heteroatoms. The van der Waals surface area contributed by atoms with E-state index in [1.54, 1.807) is 0 Å². The molecule has 0 aromatic rings. The van der Waals surface area contributed by atoms with Gasteiger partial charge in [-0.15, -0.1) is 0 Å². The van der Waals surface area contributed by atoms with Gasteiger partial charge in [0.1, 0.15) is 23.7 Å². The van der Waals surface area contributed by atoms with E-state index in [0.717, 1.165) is 0 Å². The second-order valence-electron chi connectivity index (χ2n) is 7.14. The number of carbonyl (C=O) groups is 5. The Morgan fingerprint density at radius 3 is 2.41 bits per heavy atom. The first-order valence-corrected chi connectivity index (χ1v) is 8.83. The first-order valence-electron chi connectivity index (χ1n) is 8.83. The fraction of sp³-hybridized carbons (Fsp3) is 0.706. The molecular formula is C17H25N3O7. The van der Waals surface area contributed by atoms with E-state index < -0.39 is 53.7 Å². The third-order valence-electron chi connectivity index (χ3n) is 4.82. The summed E-state index contributed by atoms with van der Waals surface area (Å²) in [6, 6.07) is -2.88. The Bertz CT molecular complexity index is 659. The van der Waals surface area contributed by atoms with Gasteiger partial charge in [0.05, 0.1) is 13.0 Å². The van der Waals surface area contributed by atoms with Crippen LogP contribution < -0.4 is 10.6 Å². The molecule has 0 bridgehead atoms. The average molecular weight is 383 g/mol. The van der Waals surface area contributed by atoms with Crippen LogP contribution in [0.3, 0.4) is 0 Å². The van der Waals surface area contributed by atoms with Crippen LogP contribution in [0, 0.1) is 0 Å². The molecule has 0 aromatic carbocycles. The lowest BCUT2D eigenvalue weighted by Gasteiger charge is -2.25. The van der Waals surface area contributed by atoms with Gasteiger partial charge in [-0.1, -0.05) is 0 Å². The van der Waals surface area contributed by atoms with Crippen LogP contribution in [0.1, 0.15) is 40.0 Å². The maximum atomic E-state index is 12.4. The van der Waals surface area contributed by atoms with Gasteiger partial charge in [0.15, 0.2) is 5.78 Å². The van der Waals surface area contributed by atoms with E-state index in [4.69, 9.17) is 9.84 Å². The number of ether oxygens (including phenoxy) is 1. The zero-order chi connectivity index (χ0) is 20.4. The zero-order valence-corrected chi connectivity index (χ0v) is 15.6. The summed E-state index contributed by atoms with van der Waals surface area (Å²) < 4.78 is 5.03. The van der Waals surface area contributed by atoms with Crippen LogP contribution in [0.5, 0.6) is 0 Å². The van der Waals surface area contributed by atoms with Gasteiger partial charge in [-0.05, 0) is 26.7 Å². The van der Waals surface area contributed by atoms with Gasteiger partial charge in [0.25, 0.3) is 0 Å². The van der Waals surface area contributed by atoms with E-state index in [-0.39, 0.29) is 12.5 Å². The fourth-order valence-corrected chi connectivity index (χ4v) is 3.09. The molecule has 150 valence electrons. The lowest BCUT2D eigenvalue weighted by molar-refractivity contribution is -0.141. The molecule has 0 radical (unpaired) electrons. The highest BCUT2D eigenvalue weighted by Crippen LogP contribution is 2.29. The summed E-state index contributed by atoms with van der Waals surface area (Å²) in [4.78, 5) is 61.1. The second kappa shape index (κ2) is 8.03. The number of likely N-dealkylation sites (tertiary alicyclic amines) is 1. The van der Waals surface area contributed by atoms with Crippen LogP contribution in [-0.4, -0.2) is 76.4 Å². The molecule has 0 aromatic heterocycles. The molecule has 2 saturated heterocycles. The van der Waals surface area contributed by atoms with E-state index in [1.807, 2.05) is 0 Å². The number of rotatable bonds is 8. The SMILES string of the molecule is CC(=O)N1CCC[C@H]1C(=O)N[C@@H](C)C(=O)N[C@@H](CC(=O)O)C(=O)C1(C)CO1. The molecule has 2 aliphatic heterocycles. The molecule has 2 aliphatic rings. The molecule has 2 heterocycles. The molecule has 2 rings (SSSR count). The Hall–Kier alpha value is -2.49. The van der Waals surface area contributed by atoms with Gasteiger partial charge in [0, 0.05) is 13.5 Å². The lowest BCUT2D eigenvalue weighted by atomic mass is 9.98. The van der Waals surface area contributed by atoms with Crippen molar-refractivity contribution in [2.75, 3.05) is 13.2 Å². The number of aliphatic carboxylic acids is 1. The summed E-state index contributed by atoms with van der Waals surface area (Å²) >= 11 is 0. The van der Waals surface area contributed by atoms with Crippen molar-refractivity contribution >= 4 is 29.5 Å². The van der Waals surface area contributed by atoms with Crippen molar-refractivity contribution < 1.29 is 33.8 Å². The number of hydrogen-bond acceptors (Lipinski definition) is 6. The molecule has 27 heavy (non-hydrogen) atoms. The van der Waals surface area contributed by atoms with Crippen molar-refractivity contribution in [3.05, 3.63) is 0 Å². The standard InChI is InChI=1S/C17H25N3O7/c1-9(18-16(26)12-5-4-6-20(12)10(2)21)15(25)19-11(7-13(22)23)14(24)17(3)8-27-17/h9,11-12H,4-8H2,1-3H3,(H,18,26)(H,19,25)(H,22,23)/t9-,11-,12-,17?/m0/s1. The van der Waals surface area contributed by atoms with Crippen LogP contribution >= 0.6 is 0 Å². The van der Waals surface area contributed by atoms with Gasteiger partial charge < -0.3 is 25.4 Å². The largest absolute Gasteiger partial charge is 0.481 e. The quantitative estimate of drug-likeness (QED) is 0.447. The van der Waals surface area contributed by atoms with Crippen LogP contribution in [0.15, 0.2) is 0 Å². The number of nitrogens with one attached hydrogen (secondary N) is 2. The number of carbonyl (C=O) groups excluding carboxylic acids is 4. The number of carboxylic acids is 1. The van der Waals surface area contributed by atoms with Crippen LogP contribution in [-0.2, 0) is 28.7 Å². The Kier molecular flexibility index (Phi) is 6.19. The van der Waals surface area contributed by atoms with Gasteiger partial charge in [-0.2, -0.15) is 0 Å². The molecule has 0 saturated carbocycles. The number of nitrogens with zero attached hydrogens (tertiary/aromatic N) is 1. The molecule has 0 spiro atoms. The normalized spacial score (nSPS) is 26.0.